The normalized spacial score (nSPS) is 22.7. The van der Waals surface area contributed by atoms with E-state index in [2.05, 4.69) is 13.8 Å². The van der Waals surface area contributed by atoms with Crippen LogP contribution < -0.4 is 10.4 Å². The zero-order valence-corrected chi connectivity index (χ0v) is 23.3. The molecule has 0 bridgehead atoms. The third-order valence-electron chi connectivity index (χ3n) is 8.56. The molecule has 3 aromatic carbocycles. The van der Waals surface area contributed by atoms with Crippen molar-refractivity contribution in [2.75, 3.05) is 6.54 Å². The van der Waals surface area contributed by atoms with Crippen molar-refractivity contribution in [1.82, 2.24) is 4.31 Å². The second-order valence-corrected chi connectivity index (χ2v) is 17.2. The smallest absolute Gasteiger partial charge is 0.258 e. The van der Waals surface area contributed by atoms with Gasteiger partial charge in [-0.15, -0.1) is 0 Å². The van der Waals surface area contributed by atoms with Crippen LogP contribution in [0.3, 0.4) is 0 Å². The Kier molecular flexibility index (Phi) is 6.75. The second kappa shape index (κ2) is 9.56. The van der Waals surface area contributed by atoms with Crippen LogP contribution in [0, 0.1) is 18.8 Å². The summed E-state index contributed by atoms with van der Waals surface area (Å²) in [5.74, 6) is 1.14. The van der Waals surface area contributed by atoms with Crippen molar-refractivity contribution >= 4 is 28.7 Å². The molecule has 1 saturated heterocycles. The average molecular weight is 520 g/mol. The lowest BCUT2D eigenvalue weighted by atomic mass is 9.96. The fraction of sp³-hybridized carbons (Fsp3) is 0.400. The molecule has 36 heavy (non-hydrogen) atoms. The van der Waals surface area contributed by atoms with E-state index in [1.54, 1.807) is 16.4 Å². The Hall–Kier alpha value is -2.25. The molecule has 3 atom stereocenters. The number of aryl methyl sites for hydroxylation is 1. The van der Waals surface area contributed by atoms with Gasteiger partial charge in [0.05, 0.1) is 4.90 Å². The first-order valence-corrected chi connectivity index (χ1v) is 16.4. The minimum atomic E-state index is -3.56. The van der Waals surface area contributed by atoms with Crippen LogP contribution in [0.25, 0.3) is 0 Å². The van der Waals surface area contributed by atoms with Gasteiger partial charge in [-0.25, -0.2) is 8.42 Å². The number of sulfonamides is 1. The molecule has 190 valence electrons. The van der Waals surface area contributed by atoms with E-state index in [4.69, 9.17) is 0 Å². The maximum absolute atomic E-state index is 13.7. The standard InChI is InChI=1S/C30H37NO3SSi/c1-23-14-16-27(17-15-23)35(32,33)31-22-25-20-24(25)21-26(31)18-19-30(2,3)36(34,28-10-6-4-7-11-28)29-12-8-5-9-13-29/h4-17,24-26,34H,18-22H2,1-3H3. The number of piperidine rings is 1. The van der Waals surface area contributed by atoms with Crippen LogP contribution in [0.15, 0.2) is 89.8 Å². The Morgan fingerprint density at radius 1 is 0.861 bits per heavy atom. The summed E-state index contributed by atoms with van der Waals surface area (Å²) >= 11 is 0. The highest BCUT2D eigenvalue weighted by atomic mass is 32.2. The molecular formula is C30H37NO3SSi. The molecule has 1 heterocycles. The highest BCUT2D eigenvalue weighted by Gasteiger charge is 2.52. The van der Waals surface area contributed by atoms with Crippen molar-refractivity contribution in [3.63, 3.8) is 0 Å². The lowest BCUT2D eigenvalue weighted by Crippen LogP contribution is -2.65. The van der Waals surface area contributed by atoms with Crippen LogP contribution in [-0.2, 0) is 10.0 Å². The molecule has 4 nitrogen and oxygen atoms in total. The first-order valence-electron chi connectivity index (χ1n) is 13.0. The van der Waals surface area contributed by atoms with Gasteiger partial charge in [0.1, 0.15) is 0 Å². The molecule has 0 aromatic heterocycles. The van der Waals surface area contributed by atoms with E-state index >= 15 is 0 Å². The van der Waals surface area contributed by atoms with E-state index in [-0.39, 0.29) is 6.04 Å². The highest BCUT2D eigenvalue weighted by Crippen LogP contribution is 2.50. The topological polar surface area (TPSA) is 57.6 Å². The van der Waals surface area contributed by atoms with Crippen molar-refractivity contribution in [2.45, 2.75) is 62.4 Å². The summed E-state index contributed by atoms with van der Waals surface area (Å²) in [6, 6.07) is 27.3. The Bertz CT molecular complexity index is 1250. The zero-order chi connectivity index (χ0) is 25.6. The lowest BCUT2D eigenvalue weighted by Gasteiger charge is -2.43. The van der Waals surface area contributed by atoms with Gasteiger partial charge < -0.3 is 4.80 Å². The molecule has 0 radical (unpaired) electrons. The minimum absolute atomic E-state index is 0.0378. The quantitative estimate of drug-likeness (QED) is 0.439. The summed E-state index contributed by atoms with van der Waals surface area (Å²) in [5, 5.41) is 1.60. The average Bonchev–Trinajstić information content (AvgIpc) is 3.66. The van der Waals surface area contributed by atoms with Crippen molar-refractivity contribution in [3.05, 3.63) is 90.5 Å². The third-order valence-corrected chi connectivity index (χ3v) is 15.0. The summed E-state index contributed by atoms with van der Waals surface area (Å²) in [5.41, 5.74) is 1.05. The van der Waals surface area contributed by atoms with Crippen LogP contribution in [0.2, 0.25) is 5.04 Å². The maximum Gasteiger partial charge on any atom is 0.258 e. The van der Waals surface area contributed by atoms with Crippen LogP contribution >= 0.6 is 0 Å². The molecule has 0 amide bonds. The predicted molar refractivity (Wildman–Crippen MR) is 148 cm³/mol. The van der Waals surface area contributed by atoms with E-state index in [0.29, 0.717) is 23.3 Å². The molecule has 0 spiro atoms. The second-order valence-electron chi connectivity index (χ2n) is 11.4. The molecule has 6 heteroatoms. The van der Waals surface area contributed by atoms with Gasteiger partial charge in [-0.2, -0.15) is 4.31 Å². The van der Waals surface area contributed by atoms with Gasteiger partial charge in [-0.3, -0.25) is 0 Å². The maximum atomic E-state index is 13.7. The van der Waals surface area contributed by atoms with E-state index in [9.17, 15) is 13.2 Å². The molecule has 3 unspecified atom stereocenters. The first-order chi connectivity index (χ1) is 17.1. The summed E-state index contributed by atoms with van der Waals surface area (Å²) in [4.78, 5) is 12.9. The van der Waals surface area contributed by atoms with Gasteiger partial charge in [0, 0.05) is 12.6 Å². The summed E-state index contributed by atoms with van der Waals surface area (Å²) < 4.78 is 29.2. The molecule has 5 rings (SSSR count). The van der Waals surface area contributed by atoms with E-state index in [1.165, 1.54) is 0 Å². The van der Waals surface area contributed by atoms with Gasteiger partial charge >= 0.3 is 0 Å². The minimum Gasteiger partial charge on any atom is -0.424 e. The molecule has 3 aromatic rings. The van der Waals surface area contributed by atoms with Crippen LogP contribution in [-0.4, -0.2) is 38.4 Å². The van der Waals surface area contributed by atoms with Gasteiger partial charge in [0.15, 0.2) is 0 Å². The Labute approximate surface area is 217 Å². The Morgan fingerprint density at radius 2 is 1.42 bits per heavy atom. The molecular weight excluding hydrogens is 482 g/mol. The van der Waals surface area contributed by atoms with E-state index in [0.717, 1.165) is 41.6 Å². The van der Waals surface area contributed by atoms with Gasteiger partial charge in [-0.05, 0) is 72.0 Å². The Morgan fingerprint density at radius 3 is 1.97 bits per heavy atom. The zero-order valence-electron chi connectivity index (χ0n) is 21.5. The molecule has 1 aliphatic carbocycles. The molecule has 2 aliphatic rings. The monoisotopic (exact) mass is 519 g/mol. The molecule has 2 fully saturated rings. The van der Waals surface area contributed by atoms with Crippen LogP contribution in [0.4, 0.5) is 0 Å². The van der Waals surface area contributed by atoms with Crippen LogP contribution in [0.5, 0.6) is 0 Å². The van der Waals surface area contributed by atoms with Crippen LogP contribution in [0.1, 0.15) is 45.1 Å². The van der Waals surface area contributed by atoms with Gasteiger partial charge in [0.25, 0.3) is 8.32 Å². The Balaban J connectivity index is 1.44. The largest absolute Gasteiger partial charge is 0.424 e. The van der Waals surface area contributed by atoms with E-state index in [1.807, 2.05) is 79.7 Å². The predicted octanol–water partition coefficient (Wildman–Crippen LogP) is 4.71. The van der Waals surface area contributed by atoms with Crippen molar-refractivity contribution < 1.29 is 13.2 Å². The molecule has 1 aliphatic heterocycles. The van der Waals surface area contributed by atoms with Crippen molar-refractivity contribution in [2.24, 2.45) is 11.8 Å². The van der Waals surface area contributed by atoms with E-state index < -0.39 is 23.4 Å². The molecule has 1 saturated carbocycles. The third kappa shape index (κ3) is 4.60. The van der Waals surface area contributed by atoms with Crippen molar-refractivity contribution in [3.8, 4) is 0 Å². The summed E-state index contributed by atoms with van der Waals surface area (Å²) in [6.45, 7) is 6.92. The van der Waals surface area contributed by atoms with Gasteiger partial charge in [0.2, 0.25) is 10.0 Å². The fourth-order valence-electron chi connectivity index (χ4n) is 6.09. The fourth-order valence-corrected chi connectivity index (χ4v) is 11.6. The number of benzene rings is 3. The summed E-state index contributed by atoms with van der Waals surface area (Å²) in [7, 11) is -6.69. The number of hydrogen-bond donors (Lipinski definition) is 1. The number of hydrogen-bond acceptors (Lipinski definition) is 3. The molecule has 1 N–H and O–H groups in total. The number of fused-ring (bicyclic) bond motifs is 1. The SMILES string of the molecule is Cc1ccc(S(=O)(=O)N2CC3CC3CC2CCC(C)(C)[Si](O)(c2ccccc2)c2ccccc2)cc1. The number of rotatable bonds is 8. The summed E-state index contributed by atoms with van der Waals surface area (Å²) in [6.07, 6.45) is 3.55. The lowest BCUT2D eigenvalue weighted by molar-refractivity contribution is 0.221. The van der Waals surface area contributed by atoms with Gasteiger partial charge in [-0.1, -0.05) is 92.2 Å². The highest BCUT2D eigenvalue weighted by molar-refractivity contribution is 7.89. The first kappa shape index (κ1) is 25.4. The number of nitrogens with zero attached hydrogens (tertiary/aromatic N) is 1. The van der Waals surface area contributed by atoms with Crippen molar-refractivity contribution in [1.29, 1.82) is 0 Å².